The predicted octanol–water partition coefficient (Wildman–Crippen LogP) is 3.55. The fourth-order valence-electron chi connectivity index (χ4n) is 3.37. The number of anilines is 1. The molecule has 0 saturated carbocycles. The first-order chi connectivity index (χ1) is 16.0. The van der Waals surface area contributed by atoms with Crippen molar-refractivity contribution < 1.29 is 22.9 Å². The molecule has 1 amide bonds. The second-order valence-electron chi connectivity index (χ2n) is 7.34. The molecular formula is C20H22F3N7O3S. The van der Waals surface area contributed by atoms with Gasteiger partial charge < -0.3 is 10.6 Å². The average molecular weight is 498 g/mol. The van der Waals surface area contributed by atoms with E-state index < -0.39 is 22.4 Å². The summed E-state index contributed by atoms with van der Waals surface area (Å²) in [7, 11) is 0. The number of carbonyl (C=O) groups excluding carboxylic acids is 1. The lowest BCUT2D eigenvalue weighted by molar-refractivity contribution is -0.384. The number of amides is 1. The van der Waals surface area contributed by atoms with Crippen LogP contribution in [0.25, 0.3) is 5.78 Å². The van der Waals surface area contributed by atoms with E-state index in [4.69, 9.17) is 0 Å². The summed E-state index contributed by atoms with van der Waals surface area (Å²) < 4.78 is 40.0. The first kappa shape index (κ1) is 25.2. The van der Waals surface area contributed by atoms with Crippen LogP contribution in [0, 0.1) is 24.0 Å². The topological polar surface area (TPSA) is 127 Å². The standard InChI is InChI=1S/C20H22F3N7O3S/c1-11-14(12(2)29-18(26-11)27-19(28-29)34-3)5-7-17(31)25-9-8-24-15-6-4-13(20(21,22)23)10-16(15)30(32)33/h4,6,10,24H,5,7-9H2,1-3H3,(H,25,31). The number of hydrogen-bond acceptors (Lipinski definition) is 8. The van der Waals surface area contributed by atoms with Crippen LogP contribution in [-0.4, -0.2) is 49.8 Å². The van der Waals surface area contributed by atoms with Gasteiger partial charge in [0.1, 0.15) is 5.69 Å². The second kappa shape index (κ2) is 10.2. The van der Waals surface area contributed by atoms with Gasteiger partial charge in [0, 0.05) is 37.0 Å². The minimum absolute atomic E-state index is 0.0599. The summed E-state index contributed by atoms with van der Waals surface area (Å²) in [5.41, 5.74) is 0.641. The molecule has 2 aromatic heterocycles. The first-order valence-corrected chi connectivity index (χ1v) is 11.4. The van der Waals surface area contributed by atoms with Crippen LogP contribution in [0.1, 0.15) is 28.9 Å². The SMILES string of the molecule is CSc1nc2nc(C)c(CCC(=O)NCCNc3ccc(C(F)(F)F)cc3[N+](=O)[O-])c(C)n2n1. The van der Waals surface area contributed by atoms with Gasteiger partial charge in [-0.2, -0.15) is 18.2 Å². The molecule has 14 heteroatoms. The molecule has 10 nitrogen and oxygen atoms in total. The van der Waals surface area contributed by atoms with Crippen molar-refractivity contribution in [2.75, 3.05) is 24.7 Å². The molecule has 0 aliphatic heterocycles. The molecule has 0 aliphatic rings. The zero-order valence-electron chi connectivity index (χ0n) is 18.6. The highest BCUT2D eigenvalue weighted by atomic mass is 32.2. The number of nitrogens with zero attached hydrogens (tertiary/aromatic N) is 5. The van der Waals surface area contributed by atoms with Crippen molar-refractivity contribution in [3.8, 4) is 0 Å². The number of carbonyl (C=O) groups is 1. The molecule has 0 aliphatic carbocycles. The maximum atomic E-state index is 12.8. The van der Waals surface area contributed by atoms with E-state index in [-0.39, 0.29) is 31.1 Å². The van der Waals surface area contributed by atoms with E-state index in [0.717, 1.165) is 29.1 Å². The normalized spacial score (nSPS) is 11.6. The Morgan fingerprint density at radius 1 is 1.24 bits per heavy atom. The third kappa shape index (κ3) is 5.73. The largest absolute Gasteiger partial charge is 0.416 e. The van der Waals surface area contributed by atoms with Crippen LogP contribution >= 0.6 is 11.8 Å². The van der Waals surface area contributed by atoms with Crippen molar-refractivity contribution >= 4 is 34.8 Å². The number of alkyl halides is 3. The molecule has 0 fully saturated rings. The number of fused-ring (bicyclic) bond motifs is 1. The lowest BCUT2D eigenvalue weighted by Crippen LogP contribution is -2.29. The Kier molecular flexibility index (Phi) is 7.59. The molecule has 0 unspecified atom stereocenters. The fraction of sp³-hybridized carbons (Fsp3) is 0.400. The van der Waals surface area contributed by atoms with Crippen LogP contribution in [0.2, 0.25) is 0 Å². The summed E-state index contributed by atoms with van der Waals surface area (Å²) in [5, 5.41) is 21.5. The van der Waals surface area contributed by atoms with Crippen LogP contribution in [0.4, 0.5) is 24.5 Å². The number of nitro benzene ring substituents is 1. The first-order valence-electron chi connectivity index (χ1n) is 10.1. The van der Waals surface area contributed by atoms with Crippen LogP contribution in [-0.2, 0) is 17.4 Å². The van der Waals surface area contributed by atoms with Gasteiger partial charge >= 0.3 is 6.18 Å². The highest BCUT2D eigenvalue weighted by Gasteiger charge is 2.33. The van der Waals surface area contributed by atoms with E-state index in [9.17, 15) is 28.1 Å². The van der Waals surface area contributed by atoms with Crippen LogP contribution in [0.5, 0.6) is 0 Å². The molecule has 0 bridgehead atoms. The molecule has 0 spiro atoms. The highest BCUT2D eigenvalue weighted by Crippen LogP contribution is 2.34. The molecule has 34 heavy (non-hydrogen) atoms. The number of aryl methyl sites for hydroxylation is 2. The van der Waals surface area contributed by atoms with Gasteiger partial charge in [-0.25, -0.2) is 9.50 Å². The molecule has 2 heterocycles. The third-order valence-corrected chi connectivity index (χ3v) is 5.64. The van der Waals surface area contributed by atoms with Crippen molar-refractivity contribution in [3.05, 3.63) is 50.8 Å². The predicted molar refractivity (Wildman–Crippen MR) is 120 cm³/mol. The number of benzene rings is 1. The van der Waals surface area contributed by atoms with Crippen molar-refractivity contribution in [2.24, 2.45) is 0 Å². The number of halogens is 3. The van der Waals surface area contributed by atoms with Crippen molar-refractivity contribution in [1.29, 1.82) is 0 Å². The lowest BCUT2D eigenvalue weighted by atomic mass is 10.1. The maximum absolute atomic E-state index is 12.8. The highest BCUT2D eigenvalue weighted by molar-refractivity contribution is 7.98. The number of rotatable bonds is 9. The van der Waals surface area contributed by atoms with Crippen LogP contribution in [0.15, 0.2) is 23.4 Å². The third-order valence-electron chi connectivity index (χ3n) is 5.10. The lowest BCUT2D eigenvalue weighted by Gasteiger charge is -2.12. The maximum Gasteiger partial charge on any atom is 0.416 e. The summed E-state index contributed by atoms with van der Waals surface area (Å²) >= 11 is 1.41. The summed E-state index contributed by atoms with van der Waals surface area (Å²) in [4.78, 5) is 31.3. The van der Waals surface area contributed by atoms with Crippen LogP contribution < -0.4 is 10.6 Å². The summed E-state index contributed by atoms with van der Waals surface area (Å²) in [6.45, 7) is 3.95. The molecule has 3 aromatic rings. The zero-order valence-corrected chi connectivity index (χ0v) is 19.4. The Morgan fingerprint density at radius 2 is 1.97 bits per heavy atom. The minimum atomic E-state index is -4.68. The van der Waals surface area contributed by atoms with Gasteiger partial charge in [0.25, 0.3) is 11.5 Å². The van der Waals surface area contributed by atoms with Gasteiger partial charge in [0.15, 0.2) is 0 Å². The summed E-state index contributed by atoms with van der Waals surface area (Å²) in [6.07, 6.45) is -2.20. The van der Waals surface area contributed by atoms with E-state index in [0.29, 0.717) is 23.4 Å². The van der Waals surface area contributed by atoms with Crippen molar-refractivity contribution in [2.45, 2.75) is 38.0 Å². The van der Waals surface area contributed by atoms with Gasteiger partial charge in [-0.3, -0.25) is 14.9 Å². The summed E-state index contributed by atoms with van der Waals surface area (Å²) in [6, 6.07) is 2.25. The molecule has 2 N–H and O–H groups in total. The molecule has 0 saturated heterocycles. The average Bonchev–Trinajstić information content (AvgIpc) is 3.19. The molecular weight excluding hydrogens is 475 g/mol. The number of nitrogens with one attached hydrogen (secondary N) is 2. The van der Waals surface area contributed by atoms with E-state index in [1.165, 1.54) is 11.8 Å². The molecule has 182 valence electrons. The molecule has 1 aromatic carbocycles. The fourth-order valence-corrected chi connectivity index (χ4v) is 3.71. The summed E-state index contributed by atoms with van der Waals surface area (Å²) in [5.74, 6) is 0.252. The van der Waals surface area contributed by atoms with Gasteiger partial charge in [-0.1, -0.05) is 11.8 Å². The Bertz CT molecular complexity index is 1230. The van der Waals surface area contributed by atoms with E-state index in [1.54, 1.807) is 4.52 Å². The number of aromatic nitrogens is 4. The van der Waals surface area contributed by atoms with E-state index in [2.05, 4.69) is 25.7 Å². The quantitative estimate of drug-likeness (QED) is 0.199. The minimum Gasteiger partial charge on any atom is -0.378 e. The molecule has 3 rings (SSSR count). The van der Waals surface area contributed by atoms with Crippen molar-refractivity contribution in [3.63, 3.8) is 0 Å². The van der Waals surface area contributed by atoms with E-state index >= 15 is 0 Å². The van der Waals surface area contributed by atoms with E-state index in [1.807, 2.05) is 20.1 Å². The monoisotopic (exact) mass is 497 g/mol. The van der Waals surface area contributed by atoms with Gasteiger partial charge in [0.05, 0.1) is 10.5 Å². The Labute approximate surface area is 196 Å². The Morgan fingerprint density at radius 3 is 2.62 bits per heavy atom. The molecule has 0 atom stereocenters. The number of hydrogen-bond donors (Lipinski definition) is 2. The second-order valence-corrected chi connectivity index (χ2v) is 8.11. The number of thioether (sulfide) groups is 1. The smallest absolute Gasteiger partial charge is 0.378 e. The Hall–Kier alpha value is -3.42. The zero-order chi connectivity index (χ0) is 25.0. The van der Waals surface area contributed by atoms with Gasteiger partial charge in [0.2, 0.25) is 11.1 Å². The van der Waals surface area contributed by atoms with Gasteiger partial charge in [-0.05, 0) is 44.2 Å². The van der Waals surface area contributed by atoms with Crippen molar-refractivity contribution in [1.82, 2.24) is 24.9 Å². The molecule has 0 radical (unpaired) electrons. The Balaban J connectivity index is 1.54. The van der Waals surface area contributed by atoms with Crippen LogP contribution in [0.3, 0.4) is 0 Å². The number of nitro groups is 1. The van der Waals surface area contributed by atoms with Gasteiger partial charge in [-0.15, -0.1) is 5.10 Å².